The highest BCUT2D eigenvalue weighted by molar-refractivity contribution is 7.89. The monoisotopic (exact) mass is 802 g/mol. The lowest BCUT2D eigenvalue weighted by molar-refractivity contribution is -0.125. The molecule has 1 unspecified atom stereocenters. The number of nitrogens with zero attached hydrogens (tertiary/aromatic N) is 3. The Morgan fingerprint density at radius 1 is 0.930 bits per heavy atom. The van der Waals surface area contributed by atoms with Gasteiger partial charge in [-0.15, -0.1) is 0 Å². The van der Waals surface area contributed by atoms with Gasteiger partial charge in [0.15, 0.2) is 11.5 Å². The molecule has 0 spiro atoms. The molecule has 1 atom stereocenters. The maximum absolute atomic E-state index is 13.7. The molecular weight excluding hydrogens is 745 g/mol. The molecule has 6 rings (SSSR count). The number of fused-ring (bicyclic) bond motifs is 1. The Kier molecular flexibility index (Phi) is 15.4. The standard InChI is InChI=1S/C42H52N4O6.C2H6O2S/c1-4-52-38-26-30(9-14-37(38)51-3)27-46-41(49)36-7-5-6-34(40(36)42(46)50)16-21-44-22-19-35(20-23-44)45-24-17-33(18-25-45)32-12-10-31(11-13-32)29(2)8-15-39(48)43-28-47;1-5(2,3)4/h5-7,9-14,26,28-29,33,35H,4,8,15-25,27H2,1-3H3,(H,43,47,48);1-2H3. The number of benzene rings is 3. The van der Waals surface area contributed by atoms with Crippen molar-refractivity contribution in [3.63, 3.8) is 0 Å². The third-order valence-electron chi connectivity index (χ3n) is 11.3. The lowest BCUT2D eigenvalue weighted by Crippen LogP contribution is -2.47. The summed E-state index contributed by atoms with van der Waals surface area (Å²) in [5, 5.41) is 2.22. The van der Waals surface area contributed by atoms with E-state index in [4.69, 9.17) is 9.47 Å². The number of hydrogen-bond acceptors (Lipinski definition) is 10. The minimum Gasteiger partial charge on any atom is -0.493 e. The van der Waals surface area contributed by atoms with Crippen molar-refractivity contribution in [1.29, 1.82) is 0 Å². The summed E-state index contributed by atoms with van der Waals surface area (Å²) in [7, 11) is -1.08. The number of ether oxygens (including phenoxy) is 2. The third-order valence-corrected chi connectivity index (χ3v) is 11.3. The van der Waals surface area contributed by atoms with Crippen LogP contribution in [0.25, 0.3) is 0 Å². The zero-order chi connectivity index (χ0) is 41.1. The molecule has 0 saturated carbocycles. The largest absolute Gasteiger partial charge is 0.493 e. The van der Waals surface area contributed by atoms with E-state index in [0.29, 0.717) is 60.4 Å². The number of hydrogen-bond donors (Lipinski definition) is 1. The van der Waals surface area contributed by atoms with Crippen molar-refractivity contribution in [2.45, 2.75) is 83.2 Å². The Hall–Kier alpha value is -4.59. The highest BCUT2D eigenvalue weighted by Gasteiger charge is 2.37. The van der Waals surface area contributed by atoms with E-state index in [0.717, 1.165) is 88.5 Å². The number of amides is 4. The van der Waals surface area contributed by atoms with Crippen molar-refractivity contribution in [3.8, 4) is 11.5 Å². The molecule has 4 amide bonds. The van der Waals surface area contributed by atoms with Crippen LogP contribution in [0.15, 0.2) is 60.7 Å². The van der Waals surface area contributed by atoms with Crippen LogP contribution in [0.1, 0.15) is 107 Å². The van der Waals surface area contributed by atoms with Crippen LogP contribution in [0.2, 0.25) is 0 Å². The van der Waals surface area contributed by atoms with E-state index in [1.54, 1.807) is 13.2 Å². The number of imide groups is 2. The minimum atomic E-state index is -2.67. The van der Waals surface area contributed by atoms with Gasteiger partial charge in [0.2, 0.25) is 12.3 Å². The van der Waals surface area contributed by atoms with Crippen LogP contribution in [-0.2, 0) is 32.4 Å². The van der Waals surface area contributed by atoms with Gasteiger partial charge in [-0.3, -0.25) is 29.4 Å². The summed E-state index contributed by atoms with van der Waals surface area (Å²) >= 11 is 0. The fourth-order valence-corrected chi connectivity index (χ4v) is 8.16. The Morgan fingerprint density at radius 3 is 2.25 bits per heavy atom. The lowest BCUT2D eigenvalue weighted by Gasteiger charge is -2.42. The molecular formula is C44H58N4O8S. The predicted octanol–water partition coefficient (Wildman–Crippen LogP) is 5.59. The van der Waals surface area contributed by atoms with Crippen LogP contribution in [0.3, 0.4) is 0 Å². The summed E-state index contributed by atoms with van der Waals surface area (Å²) < 4.78 is 30.4. The van der Waals surface area contributed by atoms with Gasteiger partial charge in [-0.25, -0.2) is 8.42 Å². The summed E-state index contributed by atoms with van der Waals surface area (Å²) in [5.74, 6) is 1.34. The van der Waals surface area contributed by atoms with E-state index >= 15 is 0 Å². The molecule has 0 aromatic heterocycles. The Balaban J connectivity index is 0.00000117. The zero-order valence-corrected chi connectivity index (χ0v) is 34.8. The Bertz CT molecular complexity index is 1960. The number of rotatable bonds is 15. The van der Waals surface area contributed by atoms with E-state index in [1.165, 1.54) is 16.0 Å². The number of carbonyl (C=O) groups is 4. The van der Waals surface area contributed by atoms with E-state index in [1.807, 2.05) is 37.3 Å². The molecule has 1 N–H and O–H groups in total. The molecule has 12 nitrogen and oxygen atoms in total. The molecule has 3 aromatic carbocycles. The van der Waals surface area contributed by atoms with E-state index in [9.17, 15) is 27.6 Å². The quantitative estimate of drug-likeness (QED) is 0.153. The number of carbonyl (C=O) groups excluding carboxylic acids is 4. The fraction of sp³-hybridized carbons (Fsp3) is 0.500. The summed E-state index contributed by atoms with van der Waals surface area (Å²) in [6.45, 7) is 9.87. The summed E-state index contributed by atoms with van der Waals surface area (Å²) in [4.78, 5) is 55.7. The molecule has 308 valence electrons. The van der Waals surface area contributed by atoms with Crippen molar-refractivity contribution < 1.29 is 37.1 Å². The molecule has 2 saturated heterocycles. The van der Waals surface area contributed by atoms with E-state index < -0.39 is 9.84 Å². The Labute approximate surface area is 337 Å². The molecule has 13 heteroatoms. The molecule has 0 radical (unpaired) electrons. The van der Waals surface area contributed by atoms with Crippen LogP contribution < -0.4 is 14.8 Å². The molecule has 0 bridgehead atoms. The van der Waals surface area contributed by atoms with Crippen LogP contribution in [-0.4, -0.2) is 112 Å². The maximum Gasteiger partial charge on any atom is 0.262 e. The molecule has 3 aliphatic heterocycles. The molecule has 3 heterocycles. The van der Waals surface area contributed by atoms with Crippen molar-refractivity contribution in [3.05, 3.63) is 94.0 Å². The third kappa shape index (κ3) is 12.0. The first-order valence-corrected chi connectivity index (χ1v) is 22.3. The van der Waals surface area contributed by atoms with Gasteiger partial charge in [0.05, 0.1) is 31.4 Å². The highest BCUT2D eigenvalue weighted by Crippen LogP contribution is 2.34. The average molecular weight is 803 g/mol. The van der Waals surface area contributed by atoms with Gasteiger partial charge in [0.25, 0.3) is 11.8 Å². The average Bonchev–Trinajstić information content (AvgIpc) is 3.44. The first-order valence-electron chi connectivity index (χ1n) is 20.0. The molecule has 57 heavy (non-hydrogen) atoms. The predicted molar refractivity (Wildman–Crippen MR) is 221 cm³/mol. The van der Waals surface area contributed by atoms with Crippen molar-refractivity contribution in [1.82, 2.24) is 20.0 Å². The molecule has 3 aromatic rings. The van der Waals surface area contributed by atoms with Gasteiger partial charge in [-0.2, -0.15) is 0 Å². The van der Waals surface area contributed by atoms with Gasteiger partial charge in [-0.05, 0) is 124 Å². The van der Waals surface area contributed by atoms with Crippen molar-refractivity contribution in [2.75, 3.05) is 59.0 Å². The summed E-state index contributed by atoms with van der Waals surface area (Å²) in [5.41, 5.74) is 5.42. The van der Waals surface area contributed by atoms with Crippen molar-refractivity contribution in [2.24, 2.45) is 0 Å². The first-order chi connectivity index (χ1) is 27.3. The second-order valence-corrected chi connectivity index (χ2v) is 17.8. The van der Waals surface area contributed by atoms with Crippen LogP contribution >= 0.6 is 0 Å². The molecule has 3 aliphatic rings. The van der Waals surface area contributed by atoms with Crippen LogP contribution in [0, 0.1) is 0 Å². The fourth-order valence-electron chi connectivity index (χ4n) is 8.16. The summed E-state index contributed by atoms with van der Waals surface area (Å²) in [6, 6.07) is 20.7. The van der Waals surface area contributed by atoms with Crippen LogP contribution in [0.5, 0.6) is 11.5 Å². The van der Waals surface area contributed by atoms with Crippen molar-refractivity contribution >= 4 is 34.0 Å². The number of likely N-dealkylation sites (tertiary alicyclic amines) is 2. The Morgan fingerprint density at radius 2 is 1.61 bits per heavy atom. The smallest absolute Gasteiger partial charge is 0.262 e. The number of nitrogens with one attached hydrogen (secondary N) is 1. The van der Waals surface area contributed by atoms with Gasteiger partial charge < -0.3 is 19.3 Å². The first kappa shape index (κ1) is 43.5. The SMILES string of the molecule is CCOc1cc(CN2C(=O)c3cccc(CCN4CCC(N5CCC(c6ccc(C(C)CCC(=O)NC=O)cc6)CC5)CC4)c3C2=O)ccc1OC.CS(C)(=O)=O. The van der Waals surface area contributed by atoms with Gasteiger partial charge in [-0.1, -0.05) is 49.4 Å². The van der Waals surface area contributed by atoms with Gasteiger partial charge >= 0.3 is 0 Å². The minimum absolute atomic E-state index is 0.180. The second kappa shape index (κ2) is 20.2. The summed E-state index contributed by atoms with van der Waals surface area (Å²) in [6.07, 6.45) is 9.17. The topological polar surface area (TPSA) is 143 Å². The molecule has 2 fully saturated rings. The second-order valence-electron chi connectivity index (χ2n) is 15.5. The normalized spacial score (nSPS) is 17.4. The number of sulfone groups is 1. The van der Waals surface area contributed by atoms with Gasteiger partial charge in [0, 0.05) is 31.5 Å². The van der Waals surface area contributed by atoms with E-state index in [2.05, 4.69) is 46.3 Å². The number of piperidine rings is 2. The van der Waals surface area contributed by atoms with Crippen LogP contribution in [0.4, 0.5) is 0 Å². The number of methoxy groups -OCH3 is 1. The highest BCUT2D eigenvalue weighted by atomic mass is 32.2. The molecule has 0 aliphatic carbocycles. The zero-order valence-electron chi connectivity index (χ0n) is 34.0. The van der Waals surface area contributed by atoms with E-state index in [-0.39, 0.29) is 30.2 Å². The maximum atomic E-state index is 13.7. The van der Waals surface area contributed by atoms with Gasteiger partial charge in [0.1, 0.15) is 9.84 Å². The lowest BCUT2D eigenvalue weighted by atomic mass is 9.86.